The molecule has 0 spiro atoms. The molecular formula is C19H13F3N4O2S. The van der Waals surface area contributed by atoms with Gasteiger partial charge in [-0.15, -0.1) is 11.3 Å². The van der Waals surface area contributed by atoms with Gasteiger partial charge in [-0.3, -0.25) is 4.79 Å². The highest BCUT2D eigenvalue weighted by Crippen LogP contribution is 2.36. The van der Waals surface area contributed by atoms with Crippen LogP contribution >= 0.6 is 11.3 Å². The Balaban J connectivity index is 1.53. The zero-order chi connectivity index (χ0) is 20.4. The fourth-order valence-electron chi connectivity index (χ4n) is 2.70. The second-order valence-corrected chi connectivity index (χ2v) is 6.88. The number of halogens is 3. The molecule has 0 saturated carbocycles. The van der Waals surface area contributed by atoms with Crippen molar-refractivity contribution in [3.8, 4) is 16.5 Å². The SMILES string of the molecule is O=C(Cc1csc(-c2ccco2)n1)Nc1ccc(-n2cccn2)cc1C(F)(F)F. The first-order valence-corrected chi connectivity index (χ1v) is 9.27. The number of carbonyl (C=O) groups excluding carboxylic acids is 1. The Bertz CT molecular complexity index is 1120. The molecule has 0 aliphatic heterocycles. The van der Waals surface area contributed by atoms with E-state index in [0.717, 1.165) is 6.07 Å². The Morgan fingerprint density at radius 3 is 2.79 bits per heavy atom. The number of amides is 1. The highest BCUT2D eigenvalue weighted by Gasteiger charge is 2.34. The third-order valence-corrected chi connectivity index (χ3v) is 4.88. The van der Waals surface area contributed by atoms with Crippen LogP contribution in [0.15, 0.2) is 64.9 Å². The molecule has 148 valence electrons. The van der Waals surface area contributed by atoms with E-state index in [2.05, 4.69) is 15.4 Å². The van der Waals surface area contributed by atoms with Crippen molar-refractivity contribution in [3.05, 3.63) is 71.7 Å². The lowest BCUT2D eigenvalue weighted by Crippen LogP contribution is -2.18. The molecule has 0 fully saturated rings. The fraction of sp³-hybridized carbons (Fsp3) is 0.105. The van der Waals surface area contributed by atoms with Gasteiger partial charge in [0, 0.05) is 17.8 Å². The van der Waals surface area contributed by atoms with Crippen molar-refractivity contribution in [2.45, 2.75) is 12.6 Å². The van der Waals surface area contributed by atoms with Gasteiger partial charge in [0.1, 0.15) is 0 Å². The Labute approximate surface area is 166 Å². The van der Waals surface area contributed by atoms with Crippen LogP contribution in [0.2, 0.25) is 0 Å². The number of nitrogens with zero attached hydrogens (tertiary/aromatic N) is 3. The fourth-order valence-corrected chi connectivity index (χ4v) is 3.49. The van der Waals surface area contributed by atoms with Crippen molar-refractivity contribution in [2.24, 2.45) is 0 Å². The van der Waals surface area contributed by atoms with Crippen LogP contribution in [0.1, 0.15) is 11.3 Å². The lowest BCUT2D eigenvalue weighted by atomic mass is 10.1. The van der Waals surface area contributed by atoms with Crippen LogP contribution < -0.4 is 5.32 Å². The standard InChI is InChI=1S/C19H13F3N4O2S/c20-19(21,22)14-10-13(26-7-2-6-23-26)4-5-15(14)25-17(27)9-12-11-29-18(24-12)16-3-1-8-28-16/h1-8,10-11H,9H2,(H,25,27). The van der Waals surface area contributed by atoms with Crippen LogP contribution in [-0.2, 0) is 17.4 Å². The molecule has 1 aromatic carbocycles. The van der Waals surface area contributed by atoms with Gasteiger partial charge in [-0.2, -0.15) is 18.3 Å². The average molecular weight is 418 g/mol. The normalized spacial score (nSPS) is 11.6. The minimum atomic E-state index is -4.64. The molecule has 0 radical (unpaired) electrons. The Kier molecular flexibility index (Phi) is 4.93. The van der Waals surface area contributed by atoms with Crippen LogP contribution in [0, 0.1) is 0 Å². The maximum Gasteiger partial charge on any atom is 0.418 e. The van der Waals surface area contributed by atoms with Crippen molar-refractivity contribution in [1.29, 1.82) is 0 Å². The van der Waals surface area contributed by atoms with Crippen molar-refractivity contribution in [2.75, 3.05) is 5.32 Å². The second-order valence-electron chi connectivity index (χ2n) is 6.02. The van der Waals surface area contributed by atoms with Gasteiger partial charge in [-0.05, 0) is 36.4 Å². The van der Waals surface area contributed by atoms with Gasteiger partial charge in [0.15, 0.2) is 10.8 Å². The quantitative estimate of drug-likeness (QED) is 0.506. The molecule has 3 heterocycles. The van der Waals surface area contributed by atoms with Gasteiger partial charge < -0.3 is 9.73 Å². The number of rotatable bonds is 5. The number of hydrogen-bond donors (Lipinski definition) is 1. The lowest BCUT2D eigenvalue weighted by molar-refractivity contribution is -0.137. The number of alkyl halides is 3. The number of thiazole rings is 1. The maximum atomic E-state index is 13.5. The van der Waals surface area contributed by atoms with Crippen LogP contribution in [0.3, 0.4) is 0 Å². The average Bonchev–Trinajstić information content (AvgIpc) is 3.43. The summed E-state index contributed by atoms with van der Waals surface area (Å²) in [5.74, 6) is -0.0335. The molecule has 10 heteroatoms. The van der Waals surface area contributed by atoms with E-state index in [4.69, 9.17) is 4.42 Å². The van der Waals surface area contributed by atoms with E-state index in [-0.39, 0.29) is 17.8 Å². The molecule has 1 amide bonds. The highest BCUT2D eigenvalue weighted by atomic mass is 32.1. The summed E-state index contributed by atoms with van der Waals surface area (Å²) in [7, 11) is 0. The number of benzene rings is 1. The molecule has 0 saturated heterocycles. The third-order valence-electron chi connectivity index (χ3n) is 3.98. The van der Waals surface area contributed by atoms with Gasteiger partial charge >= 0.3 is 6.18 Å². The first kappa shape index (κ1) is 18.9. The summed E-state index contributed by atoms with van der Waals surface area (Å²) in [6, 6.07) is 8.67. The Hall–Kier alpha value is -3.40. The highest BCUT2D eigenvalue weighted by molar-refractivity contribution is 7.13. The van der Waals surface area contributed by atoms with Crippen molar-refractivity contribution < 1.29 is 22.4 Å². The largest absolute Gasteiger partial charge is 0.462 e. The summed E-state index contributed by atoms with van der Waals surface area (Å²) < 4.78 is 47.1. The molecule has 0 atom stereocenters. The van der Waals surface area contributed by atoms with Gasteiger partial charge in [0.05, 0.1) is 35.3 Å². The molecule has 0 bridgehead atoms. The van der Waals surface area contributed by atoms with Crippen LogP contribution in [-0.4, -0.2) is 20.7 Å². The minimum Gasteiger partial charge on any atom is -0.462 e. The third kappa shape index (κ3) is 4.21. The van der Waals surface area contributed by atoms with Gasteiger partial charge in [-0.25, -0.2) is 9.67 Å². The molecule has 29 heavy (non-hydrogen) atoms. The molecule has 1 N–H and O–H groups in total. The number of carbonyl (C=O) groups is 1. The monoisotopic (exact) mass is 418 g/mol. The number of hydrogen-bond acceptors (Lipinski definition) is 5. The Morgan fingerprint density at radius 1 is 1.24 bits per heavy atom. The van der Waals surface area contributed by atoms with Crippen molar-refractivity contribution in [1.82, 2.24) is 14.8 Å². The molecule has 4 aromatic rings. The van der Waals surface area contributed by atoms with E-state index >= 15 is 0 Å². The molecule has 4 rings (SSSR count). The zero-order valence-electron chi connectivity index (χ0n) is 14.7. The number of aromatic nitrogens is 3. The lowest BCUT2D eigenvalue weighted by Gasteiger charge is -2.15. The van der Waals surface area contributed by atoms with Crippen LogP contribution in [0.4, 0.5) is 18.9 Å². The van der Waals surface area contributed by atoms with Gasteiger partial charge in [-0.1, -0.05) is 0 Å². The summed E-state index contributed by atoms with van der Waals surface area (Å²) in [5, 5.41) is 8.53. The van der Waals surface area contributed by atoms with E-state index in [0.29, 0.717) is 16.5 Å². The summed E-state index contributed by atoms with van der Waals surface area (Å²) in [4.78, 5) is 16.6. The summed E-state index contributed by atoms with van der Waals surface area (Å²) in [6.07, 6.45) is -0.288. The smallest absolute Gasteiger partial charge is 0.418 e. The zero-order valence-corrected chi connectivity index (χ0v) is 15.5. The maximum absolute atomic E-state index is 13.5. The van der Waals surface area contributed by atoms with E-state index in [1.54, 1.807) is 23.6 Å². The predicted octanol–water partition coefficient (Wildman–Crippen LogP) is 4.79. The van der Waals surface area contributed by atoms with Crippen LogP contribution in [0.5, 0.6) is 0 Å². The number of furan rings is 1. The molecule has 6 nitrogen and oxygen atoms in total. The summed E-state index contributed by atoms with van der Waals surface area (Å²) >= 11 is 1.29. The predicted molar refractivity (Wildman–Crippen MR) is 101 cm³/mol. The molecule has 3 aromatic heterocycles. The minimum absolute atomic E-state index is 0.157. The topological polar surface area (TPSA) is 73.0 Å². The number of nitrogens with one attached hydrogen (secondary N) is 1. The van der Waals surface area contributed by atoms with E-state index in [1.807, 2.05) is 0 Å². The molecule has 0 unspecified atom stereocenters. The van der Waals surface area contributed by atoms with E-state index in [1.165, 1.54) is 46.8 Å². The van der Waals surface area contributed by atoms with Crippen molar-refractivity contribution in [3.63, 3.8) is 0 Å². The first-order valence-electron chi connectivity index (χ1n) is 8.39. The first-order chi connectivity index (χ1) is 13.9. The van der Waals surface area contributed by atoms with E-state index < -0.39 is 17.6 Å². The summed E-state index contributed by atoms with van der Waals surface area (Å²) in [6.45, 7) is 0. The van der Waals surface area contributed by atoms with Crippen molar-refractivity contribution >= 4 is 22.9 Å². The Morgan fingerprint density at radius 2 is 2.10 bits per heavy atom. The van der Waals surface area contributed by atoms with Gasteiger partial charge in [0.25, 0.3) is 0 Å². The summed E-state index contributed by atoms with van der Waals surface area (Å²) in [5.41, 5.74) is -0.586. The van der Waals surface area contributed by atoms with Crippen LogP contribution in [0.25, 0.3) is 16.5 Å². The van der Waals surface area contributed by atoms with Gasteiger partial charge in [0.2, 0.25) is 5.91 Å². The number of anilines is 1. The molecule has 0 aliphatic carbocycles. The second kappa shape index (κ2) is 7.55. The van der Waals surface area contributed by atoms with E-state index in [9.17, 15) is 18.0 Å². The molecule has 0 aliphatic rings. The molecular weight excluding hydrogens is 405 g/mol.